The highest BCUT2D eigenvalue weighted by Crippen LogP contribution is 2.23. The molecule has 2 aromatic carbocycles. The molecule has 1 heterocycles. The summed E-state index contributed by atoms with van der Waals surface area (Å²) in [5.74, 6) is -2.23. The van der Waals surface area contributed by atoms with Gasteiger partial charge in [-0.3, -0.25) is 9.59 Å². The molecular formula is C23H24N2O6. The molecule has 8 heteroatoms. The Morgan fingerprint density at radius 2 is 1.48 bits per heavy atom. The van der Waals surface area contributed by atoms with E-state index in [0.29, 0.717) is 11.5 Å². The number of amides is 3. The fourth-order valence-electron chi connectivity index (χ4n) is 3.14. The zero-order chi connectivity index (χ0) is 22.6. The Hall–Kier alpha value is -3.68. The Balaban J connectivity index is 1.68. The van der Waals surface area contributed by atoms with Crippen LogP contribution in [-0.2, 0) is 20.8 Å². The van der Waals surface area contributed by atoms with Crippen molar-refractivity contribution in [3.05, 3.63) is 71.3 Å². The number of alkyl carbamates (subject to hydrolysis) is 1. The van der Waals surface area contributed by atoms with Crippen LogP contribution in [0.3, 0.4) is 0 Å². The highest BCUT2D eigenvalue weighted by Gasteiger charge is 2.39. The summed E-state index contributed by atoms with van der Waals surface area (Å²) in [5.41, 5.74) is 0.528. The van der Waals surface area contributed by atoms with Crippen molar-refractivity contribution in [3.8, 4) is 0 Å². The van der Waals surface area contributed by atoms with E-state index in [1.807, 2.05) is 30.3 Å². The van der Waals surface area contributed by atoms with Crippen LogP contribution < -0.4 is 5.32 Å². The first-order valence-corrected chi connectivity index (χ1v) is 9.86. The van der Waals surface area contributed by atoms with Crippen molar-refractivity contribution in [2.24, 2.45) is 0 Å². The Morgan fingerprint density at radius 1 is 0.935 bits per heavy atom. The monoisotopic (exact) mass is 424 g/mol. The van der Waals surface area contributed by atoms with Crippen LogP contribution in [0.15, 0.2) is 54.6 Å². The summed E-state index contributed by atoms with van der Waals surface area (Å²) < 4.78 is 5.28. The van der Waals surface area contributed by atoms with Crippen molar-refractivity contribution in [3.63, 3.8) is 0 Å². The van der Waals surface area contributed by atoms with Gasteiger partial charge in [0, 0.05) is 6.04 Å². The van der Waals surface area contributed by atoms with Gasteiger partial charge in [-0.15, -0.1) is 0 Å². The maximum absolute atomic E-state index is 12.5. The number of hydroxylamine groups is 2. The van der Waals surface area contributed by atoms with Crippen LogP contribution in [-0.4, -0.2) is 40.6 Å². The van der Waals surface area contributed by atoms with Gasteiger partial charge >= 0.3 is 12.1 Å². The normalized spacial score (nSPS) is 14.1. The molecule has 3 amide bonds. The van der Waals surface area contributed by atoms with Gasteiger partial charge in [-0.2, -0.15) is 0 Å². The predicted molar refractivity (Wildman–Crippen MR) is 111 cm³/mol. The third-order valence-corrected chi connectivity index (χ3v) is 4.41. The highest BCUT2D eigenvalue weighted by molar-refractivity contribution is 6.20. The number of nitrogens with zero attached hydrogens (tertiary/aromatic N) is 1. The molecule has 0 unspecified atom stereocenters. The lowest BCUT2D eigenvalue weighted by atomic mass is 10.0. The average molecular weight is 424 g/mol. The molecule has 0 spiro atoms. The number of carbonyl (C=O) groups excluding carboxylic acids is 4. The van der Waals surface area contributed by atoms with E-state index in [0.717, 1.165) is 5.56 Å². The van der Waals surface area contributed by atoms with Gasteiger partial charge < -0.3 is 14.9 Å². The van der Waals surface area contributed by atoms with Crippen LogP contribution in [0.25, 0.3) is 0 Å². The lowest BCUT2D eigenvalue weighted by Gasteiger charge is -2.23. The van der Waals surface area contributed by atoms with Gasteiger partial charge in [0.05, 0.1) is 17.5 Å². The van der Waals surface area contributed by atoms with E-state index in [-0.39, 0.29) is 17.5 Å². The maximum Gasteiger partial charge on any atom is 0.407 e. The molecule has 0 aromatic heterocycles. The summed E-state index contributed by atoms with van der Waals surface area (Å²) in [5, 5.41) is 3.13. The van der Waals surface area contributed by atoms with Crippen LogP contribution in [0, 0.1) is 0 Å². The average Bonchev–Trinajstić information content (AvgIpc) is 2.92. The Kier molecular flexibility index (Phi) is 6.39. The molecule has 2 aromatic rings. The summed E-state index contributed by atoms with van der Waals surface area (Å²) in [6, 6.07) is 14.8. The van der Waals surface area contributed by atoms with E-state index in [1.165, 1.54) is 12.1 Å². The Labute approximate surface area is 180 Å². The Bertz CT molecular complexity index is 962. The number of carbonyl (C=O) groups is 4. The van der Waals surface area contributed by atoms with Gasteiger partial charge in [0.15, 0.2) is 0 Å². The van der Waals surface area contributed by atoms with Crippen molar-refractivity contribution < 1.29 is 28.8 Å². The molecular weight excluding hydrogens is 400 g/mol. The molecule has 1 aliphatic rings. The number of fused-ring (bicyclic) bond motifs is 1. The number of ether oxygens (including phenoxy) is 1. The summed E-state index contributed by atoms with van der Waals surface area (Å²) in [7, 11) is 0. The summed E-state index contributed by atoms with van der Waals surface area (Å²) >= 11 is 0. The number of hydrogen-bond donors (Lipinski definition) is 1. The lowest BCUT2D eigenvalue weighted by molar-refractivity contribution is -0.169. The first-order valence-electron chi connectivity index (χ1n) is 9.86. The van der Waals surface area contributed by atoms with E-state index >= 15 is 0 Å². The third kappa shape index (κ3) is 5.69. The van der Waals surface area contributed by atoms with E-state index in [2.05, 4.69) is 5.32 Å². The molecule has 1 N–H and O–H groups in total. The van der Waals surface area contributed by atoms with Crippen molar-refractivity contribution in [2.75, 3.05) is 0 Å². The van der Waals surface area contributed by atoms with Crippen LogP contribution in [0.2, 0.25) is 0 Å². The molecule has 8 nitrogen and oxygen atoms in total. The van der Waals surface area contributed by atoms with Crippen molar-refractivity contribution in [2.45, 2.75) is 45.3 Å². The van der Waals surface area contributed by atoms with Gasteiger partial charge in [0.1, 0.15) is 5.60 Å². The summed E-state index contributed by atoms with van der Waals surface area (Å²) in [6.45, 7) is 5.19. The third-order valence-electron chi connectivity index (χ3n) is 4.41. The summed E-state index contributed by atoms with van der Waals surface area (Å²) in [6.07, 6.45) is -0.610. The first-order chi connectivity index (χ1) is 14.6. The maximum atomic E-state index is 12.5. The van der Waals surface area contributed by atoms with E-state index in [1.54, 1.807) is 32.9 Å². The van der Waals surface area contributed by atoms with Crippen LogP contribution in [0.1, 0.15) is 53.5 Å². The fraction of sp³-hybridized carbons (Fsp3) is 0.304. The molecule has 0 saturated heterocycles. The van der Waals surface area contributed by atoms with Gasteiger partial charge in [0.2, 0.25) is 0 Å². The molecule has 0 radical (unpaired) electrons. The minimum atomic E-state index is -0.827. The SMILES string of the molecule is CC(C)(C)OC(=O)N[C@@H](CC(=O)ON1C(=O)c2ccccc2C1=O)Cc1ccccc1. The molecule has 3 rings (SSSR count). The predicted octanol–water partition coefficient (Wildman–Crippen LogP) is 3.27. The second-order valence-electron chi connectivity index (χ2n) is 8.15. The van der Waals surface area contributed by atoms with Crippen molar-refractivity contribution in [1.29, 1.82) is 0 Å². The van der Waals surface area contributed by atoms with E-state index in [9.17, 15) is 19.2 Å². The second kappa shape index (κ2) is 8.99. The van der Waals surface area contributed by atoms with Crippen LogP contribution >= 0.6 is 0 Å². The van der Waals surface area contributed by atoms with Gasteiger partial charge in [-0.05, 0) is 44.9 Å². The minimum Gasteiger partial charge on any atom is -0.444 e. The highest BCUT2D eigenvalue weighted by atomic mass is 16.7. The van der Waals surface area contributed by atoms with E-state index in [4.69, 9.17) is 9.57 Å². The topological polar surface area (TPSA) is 102 Å². The standard InChI is InChI=1S/C23H24N2O6/c1-23(2,3)30-22(29)24-16(13-15-9-5-4-6-10-15)14-19(26)31-25-20(27)17-11-7-8-12-18(17)21(25)28/h4-12,16H,13-14H2,1-3H3,(H,24,29)/t16-/m1/s1. The van der Waals surface area contributed by atoms with Crippen molar-refractivity contribution >= 4 is 23.9 Å². The summed E-state index contributed by atoms with van der Waals surface area (Å²) in [4.78, 5) is 54.6. The molecule has 0 fully saturated rings. The van der Waals surface area contributed by atoms with Crippen LogP contribution in [0.4, 0.5) is 4.79 Å². The van der Waals surface area contributed by atoms with E-state index < -0.39 is 35.5 Å². The van der Waals surface area contributed by atoms with Gasteiger partial charge in [0.25, 0.3) is 11.8 Å². The second-order valence-corrected chi connectivity index (χ2v) is 8.15. The Morgan fingerprint density at radius 3 is 2.03 bits per heavy atom. The number of nitrogens with one attached hydrogen (secondary N) is 1. The molecule has 1 aliphatic heterocycles. The van der Waals surface area contributed by atoms with Gasteiger partial charge in [-0.1, -0.05) is 47.5 Å². The number of benzene rings is 2. The van der Waals surface area contributed by atoms with Crippen LogP contribution in [0.5, 0.6) is 0 Å². The minimum absolute atomic E-state index is 0.174. The zero-order valence-electron chi connectivity index (χ0n) is 17.6. The number of hydrogen-bond acceptors (Lipinski definition) is 6. The quantitative estimate of drug-likeness (QED) is 0.714. The smallest absolute Gasteiger partial charge is 0.407 e. The van der Waals surface area contributed by atoms with Crippen molar-refractivity contribution in [1.82, 2.24) is 10.4 Å². The largest absolute Gasteiger partial charge is 0.444 e. The molecule has 1 atom stereocenters. The zero-order valence-corrected chi connectivity index (χ0v) is 17.6. The molecule has 162 valence electrons. The number of rotatable bonds is 6. The number of imide groups is 1. The molecule has 0 aliphatic carbocycles. The molecule has 0 saturated carbocycles. The lowest BCUT2D eigenvalue weighted by Crippen LogP contribution is -2.42. The molecule has 0 bridgehead atoms. The fourth-order valence-corrected chi connectivity index (χ4v) is 3.14. The van der Waals surface area contributed by atoms with Gasteiger partial charge in [-0.25, -0.2) is 9.59 Å². The first kappa shape index (κ1) is 22.0. The molecule has 31 heavy (non-hydrogen) atoms.